The minimum Gasteiger partial charge on any atom is -0.459 e. The van der Waals surface area contributed by atoms with Crippen LogP contribution in [0.3, 0.4) is 0 Å². The molecule has 0 saturated carbocycles. The average molecular weight is 753 g/mol. The largest absolute Gasteiger partial charge is 0.459 e. The fourth-order valence-corrected chi connectivity index (χ4v) is 6.78. The molecule has 6 rings (SSSR count). The van der Waals surface area contributed by atoms with Crippen LogP contribution in [-0.4, -0.2) is 52.7 Å². The van der Waals surface area contributed by atoms with Gasteiger partial charge >= 0.3 is 5.97 Å². The zero-order chi connectivity index (χ0) is 38.7. The van der Waals surface area contributed by atoms with Crippen LogP contribution >= 0.6 is 0 Å². The quantitative estimate of drug-likeness (QED) is 0.0738. The van der Waals surface area contributed by atoms with Gasteiger partial charge in [-0.1, -0.05) is 60.7 Å². The molecule has 1 amide bonds. The molecule has 2 saturated heterocycles. The van der Waals surface area contributed by atoms with Crippen LogP contribution in [0.15, 0.2) is 72.8 Å². The topological polar surface area (TPSA) is 97.3 Å². The monoisotopic (exact) mass is 752 g/mol. The Labute approximate surface area is 309 Å². The number of nitrogens with one attached hydrogen (secondary N) is 1. The molecule has 54 heavy (non-hydrogen) atoms. The maximum absolute atomic E-state index is 14.2. The average Bonchev–Trinajstić information content (AvgIpc) is 3.63. The van der Waals surface area contributed by atoms with Crippen molar-refractivity contribution in [3.8, 4) is 11.1 Å². The second-order valence-corrected chi connectivity index (χ2v) is 14.5. The molecule has 13 heteroatoms. The number of ether oxygens (including phenoxy) is 3. The number of amides is 1. The molecular weight excluding hydrogens is 711 g/mol. The molecule has 2 fully saturated rings. The summed E-state index contributed by atoms with van der Waals surface area (Å²) in [6.45, 7) is 6.38. The molecule has 0 bridgehead atoms. The van der Waals surface area contributed by atoms with Crippen LogP contribution in [0.4, 0.5) is 22.0 Å². The number of carbonyl (C=O) groups excluding carboxylic acids is 2. The van der Waals surface area contributed by atoms with Gasteiger partial charge in [0.15, 0.2) is 29.6 Å². The third-order valence-corrected chi connectivity index (χ3v) is 9.40. The van der Waals surface area contributed by atoms with E-state index in [4.69, 9.17) is 14.2 Å². The highest BCUT2D eigenvalue weighted by Gasteiger charge is 2.39. The van der Waals surface area contributed by atoms with Crippen LogP contribution in [0.5, 0.6) is 0 Å². The van der Waals surface area contributed by atoms with Gasteiger partial charge in [0.05, 0.1) is 18.8 Å². The third kappa shape index (κ3) is 8.81. The Morgan fingerprint density at radius 3 is 2.15 bits per heavy atom. The highest BCUT2D eigenvalue weighted by atomic mass is 19.2. The fraction of sp³-hybridized carbons (Fsp3) is 0.366. The highest BCUT2D eigenvalue weighted by Crippen LogP contribution is 2.40. The summed E-state index contributed by atoms with van der Waals surface area (Å²) in [6.07, 6.45) is 0.586. The van der Waals surface area contributed by atoms with E-state index in [0.29, 0.717) is 36.1 Å². The van der Waals surface area contributed by atoms with Gasteiger partial charge < -0.3 is 24.6 Å². The Balaban J connectivity index is 1.21. The van der Waals surface area contributed by atoms with Gasteiger partial charge in [-0.2, -0.15) is 0 Å². The smallest absolute Gasteiger partial charge is 0.323 e. The number of rotatable bonds is 10. The Morgan fingerprint density at radius 1 is 0.833 bits per heavy atom. The lowest BCUT2D eigenvalue weighted by molar-refractivity contribution is -0.253. The van der Waals surface area contributed by atoms with Crippen LogP contribution in [0, 0.1) is 29.1 Å². The van der Waals surface area contributed by atoms with Gasteiger partial charge in [0, 0.05) is 25.1 Å². The molecule has 4 aromatic carbocycles. The second-order valence-electron chi connectivity index (χ2n) is 14.5. The molecule has 2 aliphatic rings. The molecule has 4 aromatic rings. The lowest BCUT2D eigenvalue weighted by atomic mass is 9.98. The minimum atomic E-state index is -2.35. The van der Waals surface area contributed by atoms with Gasteiger partial charge in [-0.05, 0) is 80.1 Å². The molecule has 8 nitrogen and oxygen atoms in total. The van der Waals surface area contributed by atoms with Gasteiger partial charge in [0.2, 0.25) is 5.82 Å². The summed E-state index contributed by atoms with van der Waals surface area (Å²) < 4.78 is 88.1. The summed E-state index contributed by atoms with van der Waals surface area (Å²) in [5, 5.41) is 11.8. The van der Waals surface area contributed by atoms with Crippen molar-refractivity contribution >= 4 is 11.9 Å². The van der Waals surface area contributed by atoms with Crippen molar-refractivity contribution in [2.45, 2.75) is 83.3 Å². The van der Waals surface area contributed by atoms with E-state index in [0.717, 1.165) is 29.7 Å². The lowest BCUT2D eigenvalue weighted by Crippen LogP contribution is -2.45. The Kier molecular flexibility index (Phi) is 11.8. The predicted molar refractivity (Wildman–Crippen MR) is 188 cm³/mol. The van der Waals surface area contributed by atoms with Crippen molar-refractivity contribution in [2.75, 3.05) is 13.1 Å². The van der Waals surface area contributed by atoms with Crippen molar-refractivity contribution < 1.29 is 50.9 Å². The number of hydrogen-bond acceptors (Lipinski definition) is 7. The van der Waals surface area contributed by atoms with E-state index in [9.17, 15) is 36.6 Å². The summed E-state index contributed by atoms with van der Waals surface area (Å²) in [4.78, 5) is 27.8. The first kappa shape index (κ1) is 39.0. The number of likely N-dealkylation sites (tertiary alicyclic amines) is 1. The van der Waals surface area contributed by atoms with E-state index in [1.54, 1.807) is 18.2 Å². The summed E-state index contributed by atoms with van der Waals surface area (Å²) in [7, 11) is 0. The van der Waals surface area contributed by atoms with Gasteiger partial charge in [-0.25, -0.2) is 22.0 Å². The van der Waals surface area contributed by atoms with E-state index in [-0.39, 0.29) is 37.4 Å². The molecule has 2 N–H and O–H groups in total. The predicted octanol–water partition coefficient (Wildman–Crippen LogP) is 7.82. The molecule has 286 valence electrons. The molecule has 2 heterocycles. The number of halogens is 5. The van der Waals surface area contributed by atoms with E-state index < -0.39 is 52.4 Å². The first-order valence-corrected chi connectivity index (χ1v) is 17.7. The summed E-state index contributed by atoms with van der Waals surface area (Å²) in [5.74, 6) is -12.9. The van der Waals surface area contributed by atoms with Crippen LogP contribution in [0.1, 0.15) is 85.0 Å². The fourth-order valence-electron chi connectivity index (χ4n) is 6.78. The van der Waals surface area contributed by atoms with E-state index in [1.807, 2.05) is 75.4 Å². The molecule has 2 aliphatic heterocycles. The van der Waals surface area contributed by atoms with Gasteiger partial charge in [-0.3, -0.25) is 14.5 Å². The van der Waals surface area contributed by atoms with Crippen LogP contribution in [0.25, 0.3) is 11.1 Å². The Hall–Kier alpha value is -4.69. The van der Waals surface area contributed by atoms with E-state index in [2.05, 4.69) is 10.2 Å². The van der Waals surface area contributed by atoms with E-state index >= 15 is 0 Å². The van der Waals surface area contributed by atoms with Gasteiger partial charge in [0.1, 0.15) is 17.2 Å². The first-order chi connectivity index (χ1) is 25.7. The Morgan fingerprint density at radius 2 is 1.48 bits per heavy atom. The summed E-state index contributed by atoms with van der Waals surface area (Å²) in [5.41, 5.74) is 2.18. The molecule has 0 unspecified atom stereocenters. The normalized spacial score (nSPS) is 20.5. The number of hydrogen-bond donors (Lipinski definition) is 2. The van der Waals surface area contributed by atoms with Crippen LogP contribution in [0.2, 0.25) is 0 Å². The molecule has 0 aliphatic carbocycles. The molecule has 0 aromatic heterocycles. The maximum atomic E-state index is 14.2. The Bertz CT molecular complexity index is 1970. The van der Waals surface area contributed by atoms with E-state index in [1.165, 1.54) is 0 Å². The van der Waals surface area contributed by atoms with Crippen molar-refractivity contribution in [3.05, 3.63) is 130 Å². The highest BCUT2D eigenvalue weighted by molar-refractivity contribution is 5.94. The van der Waals surface area contributed by atoms with Crippen LogP contribution < -0.4 is 5.32 Å². The summed E-state index contributed by atoms with van der Waals surface area (Å²) in [6, 6.07) is 21.5. The number of benzene rings is 4. The first-order valence-electron chi connectivity index (χ1n) is 17.7. The van der Waals surface area contributed by atoms with Gasteiger partial charge in [0.25, 0.3) is 5.91 Å². The standard InChI is InChI=1S/C41H41F5N2O6/c1-41(2,3)54-39(51)30-11-6-16-48(30)21-29-19-31(25-14-12-23(22-49)13-15-25)53-40(52-29)28-10-5-9-27(18-28)26-8-4-7-24(17-26)20-47-38(50)32-33(42)35(44)37(46)36(45)34(32)43/h4-5,7-10,12-15,17-18,29-31,40,49H,6,11,16,19-22H2,1-3H3,(H,47,50)/t29-,30+,31+,40+/m1/s1. The van der Waals surface area contributed by atoms with Crippen molar-refractivity contribution in [1.29, 1.82) is 0 Å². The number of carbonyl (C=O) groups is 2. The number of nitrogens with zero attached hydrogens (tertiary/aromatic N) is 1. The van der Waals surface area contributed by atoms with Crippen LogP contribution in [-0.2, 0) is 32.2 Å². The molecule has 4 atom stereocenters. The number of aliphatic hydroxyl groups is 1. The lowest BCUT2D eigenvalue weighted by Gasteiger charge is -2.38. The molecular formula is C41H41F5N2O6. The third-order valence-electron chi connectivity index (χ3n) is 9.40. The maximum Gasteiger partial charge on any atom is 0.323 e. The zero-order valence-electron chi connectivity index (χ0n) is 30.0. The van der Waals surface area contributed by atoms with Crippen molar-refractivity contribution in [3.63, 3.8) is 0 Å². The zero-order valence-corrected chi connectivity index (χ0v) is 30.0. The summed E-state index contributed by atoms with van der Waals surface area (Å²) >= 11 is 0. The SMILES string of the molecule is CC(C)(C)OC(=O)[C@@H]1CCCN1C[C@H]1C[C@@H](c2ccc(CO)cc2)O[C@@H](c2cccc(-c3cccc(CNC(=O)c4c(F)c(F)c(F)c(F)c4F)c3)c2)O1. The number of esters is 1. The number of aliphatic hydroxyl groups excluding tert-OH is 1. The van der Waals surface area contributed by atoms with Crippen molar-refractivity contribution in [2.24, 2.45) is 0 Å². The second kappa shape index (κ2) is 16.4. The van der Waals surface area contributed by atoms with Crippen molar-refractivity contribution in [1.82, 2.24) is 10.2 Å². The minimum absolute atomic E-state index is 0.0904. The molecule has 0 spiro atoms. The molecule has 0 radical (unpaired) electrons. The van der Waals surface area contributed by atoms with Gasteiger partial charge in [-0.15, -0.1) is 0 Å².